The molecule has 6 aliphatic rings. The summed E-state index contributed by atoms with van der Waals surface area (Å²) < 4.78 is 12.3. The Labute approximate surface area is 135 Å². The maximum absolute atomic E-state index is 13.3. The molecule has 2 saturated heterocycles. The van der Waals surface area contributed by atoms with Crippen LogP contribution in [0.5, 0.6) is 0 Å². The van der Waals surface area contributed by atoms with Gasteiger partial charge < -0.3 is 9.47 Å². The van der Waals surface area contributed by atoms with E-state index in [-0.39, 0.29) is 35.4 Å². The summed E-state index contributed by atoms with van der Waals surface area (Å²) in [7, 11) is 0. The highest BCUT2D eigenvalue weighted by Crippen LogP contribution is 2.88. The second kappa shape index (κ2) is 3.17. The SMILES string of the molecule is C/C=C1\C(=O)O[C@H]2[C@@H]1O[C@]1(C)[C@H]2C2(C)C3C(=O)C1(C)C2C1CC13. The van der Waals surface area contributed by atoms with Crippen molar-refractivity contribution in [3.63, 3.8) is 0 Å². The van der Waals surface area contributed by atoms with Crippen LogP contribution < -0.4 is 0 Å². The summed E-state index contributed by atoms with van der Waals surface area (Å²) in [6.07, 6.45) is 2.53. The average Bonchev–Trinajstić information content (AvgIpc) is 2.87. The van der Waals surface area contributed by atoms with E-state index in [2.05, 4.69) is 20.8 Å². The van der Waals surface area contributed by atoms with E-state index in [9.17, 15) is 9.59 Å². The summed E-state index contributed by atoms with van der Waals surface area (Å²) in [5, 5.41) is 0. The van der Waals surface area contributed by atoms with Crippen LogP contribution in [0.25, 0.3) is 0 Å². The molecule has 4 bridgehead atoms. The molecule has 0 amide bonds. The van der Waals surface area contributed by atoms with Gasteiger partial charge in [0.25, 0.3) is 0 Å². The Morgan fingerprint density at radius 3 is 2.57 bits per heavy atom. The predicted octanol–water partition coefficient (Wildman–Crippen LogP) is 2.12. The largest absolute Gasteiger partial charge is 0.455 e. The predicted molar refractivity (Wildman–Crippen MR) is 80.2 cm³/mol. The lowest BCUT2D eigenvalue weighted by Gasteiger charge is -2.47. The van der Waals surface area contributed by atoms with Gasteiger partial charge in [0.15, 0.2) is 0 Å². The van der Waals surface area contributed by atoms with Crippen molar-refractivity contribution in [2.45, 2.75) is 51.9 Å². The quantitative estimate of drug-likeness (QED) is 0.508. The number of carbonyl (C=O) groups excluding carboxylic acids is 2. The first-order valence-electron chi connectivity index (χ1n) is 8.91. The van der Waals surface area contributed by atoms with E-state index < -0.39 is 11.0 Å². The van der Waals surface area contributed by atoms with Gasteiger partial charge in [0.05, 0.1) is 16.6 Å². The lowest BCUT2D eigenvalue weighted by atomic mass is 9.58. The van der Waals surface area contributed by atoms with Gasteiger partial charge in [-0.1, -0.05) is 13.0 Å². The van der Waals surface area contributed by atoms with Crippen molar-refractivity contribution >= 4 is 11.8 Å². The van der Waals surface area contributed by atoms with Crippen LogP contribution in [0.4, 0.5) is 0 Å². The van der Waals surface area contributed by atoms with E-state index in [1.54, 1.807) is 0 Å². The second-order valence-electron chi connectivity index (χ2n) is 9.19. The van der Waals surface area contributed by atoms with Crippen LogP contribution in [0.15, 0.2) is 11.6 Å². The van der Waals surface area contributed by atoms with E-state index in [0.717, 1.165) is 0 Å². The topological polar surface area (TPSA) is 52.6 Å². The highest BCUT2D eigenvalue weighted by Gasteiger charge is 2.93. The normalized spacial score (nSPS) is 68.3. The number of fused-ring (bicyclic) bond motifs is 6. The van der Waals surface area contributed by atoms with E-state index in [0.29, 0.717) is 29.1 Å². The molecular weight excluding hydrogens is 292 g/mol. The number of hydrogen-bond donors (Lipinski definition) is 0. The third-order valence-corrected chi connectivity index (χ3v) is 8.89. The minimum atomic E-state index is -0.502. The molecule has 23 heavy (non-hydrogen) atoms. The van der Waals surface area contributed by atoms with Gasteiger partial charge in [0, 0.05) is 11.8 Å². The van der Waals surface area contributed by atoms with Crippen molar-refractivity contribution in [1.82, 2.24) is 0 Å². The average molecular weight is 314 g/mol. The van der Waals surface area contributed by atoms with Gasteiger partial charge in [0.2, 0.25) is 0 Å². The monoisotopic (exact) mass is 314 g/mol. The van der Waals surface area contributed by atoms with Crippen LogP contribution in [0.3, 0.4) is 0 Å². The van der Waals surface area contributed by atoms with Crippen molar-refractivity contribution in [2.24, 2.45) is 40.4 Å². The molecule has 0 spiro atoms. The molecule has 0 radical (unpaired) electrons. The molecule has 2 heterocycles. The van der Waals surface area contributed by atoms with Crippen LogP contribution in [0.1, 0.15) is 34.1 Å². The van der Waals surface area contributed by atoms with Crippen molar-refractivity contribution in [3.05, 3.63) is 11.6 Å². The van der Waals surface area contributed by atoms with Gasteiger partial charge in [0.1, 0.15) is 18.0 Å². The van der Waals surface area contributed by atoms with Crippen molar-refractivity contribution in [2.75, 3.05) is 0 Å². The fraction of sp³-hybridized carbons (Fsp3) is 0.789. The number of allylic oxidation sites excluding steroid dienone is 1. The molecule has 6 unspecified atom stereocenters. The molecule has 0 aromatic rings. The summed E-state index contributed by atoms with van der Waals surface area (Å²) in [5.41, 5.74) is -0.332. The fourth-order valence-electron chi connectivity index (χ4n) is 8.31. The number of rotatable bonds is 0. The first kappa shape index (κ1) is 13.2. The minimum absolute atomic E-state index is 0.0585. The zero-order valence-electron chi connectivity index (χ0n) is 14.0. The van der Waals surface area contributed by atoms with Crippen LogP contribution in [-0.2, 0) is 19.1 Å². The maximum Gasteiger partial charge on any atom is 0.336 e. The molecule has 4 nitrogen and oxygen atoms in total. The number of ketones is 1. The fourth-order valence-corrected chi connectivity index (χ4v) is 8.31. The van der Waals surface area contributed by atoms with E-state index in [1.807, 2.05) is 13.0 Å². The number of esters is 1. The third-order valence-electron chi connectivity index (χ3n) is 8.89. The summed E-state index contributed by atoms with van der Waals surface area (Å²) in [5.74, 6) is 2.19. The Bertz CT molecular complexity index is 740. The zero-order chi connectivity index (χ0) is 16.1. The Morgan fingerprint density at radius 2 is 1.87 bits per heavy atom. The van der Waals surface area contributed by atoms with E-state index in [1.165, 1.54) is 6.42 Å². The molecule has 4 aliphatic carbocycles. The first-order valence-corrected chi connectivity index (χ1v) is 8.91. The van der Waals surface area contributed by atoms with Gasteiger partial charge in [-0.25, -0.2) is 4.79 Å². The molecule has 10 atom stereocenters. The van der Waals surface area contributed by atoms with Gasteiger partial charge in [-0.2, -0.15) is 0 Å². The Morgan fingerprint density at radius 1 is 1.13 bits per heavy atom. The summed E-state index contributed by atoms with van der Waals surface area (Å²) in [6.45, 7) is 8.42. The lowest BCUT2D eigenvalue weighted by molar-refractivity contribution is -0.166. The Balaban J connectivity index is 1.58. The molecule has 0 N–H and O–H groups in total. The number of hydrogen-bond acceptors (Lipinski definition) is 4. The number of carbonyl (C=O) groups is 2. The Kier molecular flexibility index (Phi) is 1.82. The molecule has 6 rings (SSSR count). The minimum Gasteiger partial charge on any atom is -0.455 e. The summed E-state index contributed by atoms with van der Waals surface area (Å²) in [4.78, 5) is 25.5. The van der Waals surface area contributed by atoms with Crippen molar-refractivity contribution in [1.29, 1.82) is 0 Å². The molecule has 6 fully saturated rings. The second-order valence-corrected chi connectivity index (χ2v) is 9.19. The lowest BCUT2D eigenvalue weighted by Crippen LogP contribution is -2.58. The van der Waals surface area contributed by atoms with Crippen molar-refractivity contribution < 1.29 is 19.1 Å². The van der Waals surface area contributed by atoms with Gasteiger partial charge in [-0.15, -0.1) is 0 Å². The highest BCUT2D eigenvalue weighted by molar-refractivity contribution is 5.97. The van der Waals surface area contributed by atoms with E-state index >= 15 is 0 Å². The van der Waals surface area contributed by atoms with Gasteiger partial charge in [-0.3, -0.25) is 4.79 Å². The molecule has 122 valence electrons. The molecule has 0 aromatic carbocycles. The van der Waals surface area contributed by atoms with Crippen LogP contribution in [0.2, 0.25) is 0 Å². The maximum atomic E-state index is 13.3. The van der Waals surface area contributed by atoms with Crippen LogP contribution in [-0.4, -0.2) is 29.6 Å². The third kappa shape index (κ3) is 0.937. The highest BCUT2D eigenvalue weighted by atomic mass is 16.6. The molecule has 0 aromatic heterocycles. The smallest absolute Gasteiger partial charge is 0.336 e. The molecule has 2 aliphatic heterocycles. The van der Waals surface area contributed by atoms with Gasteiger partial charge >= 0.3 is 5.97 Å². The van der Waals surface area contributed by atoms with E-state index in [4.69, 9.17) is 9.47 Å². The molecule has 4 heteroatoms. The summed E-state index contributed by atoms with van der Waals surface area (Å²) in [6, 6.07) is 0. The molecule has 4 saturated carbocycles. The number of Topliss-reactive ketones (excluding diaryl/α,β-unsaturated/α-hetero) is 1. The van der Waals surface area contributed by atoms with Crippen LogP contribution >= 0.6 is 0 Å². The zero-order valence-corrected chi connectivity index (χ0v) is 14.0. The summed E-state index contributed by atoms with van der Waals surface area (Å²) >= 11 is 0. The number of ether oxygens (including phenoxy) is 2. The van der Waals surface area contributed by atoms with Crippen molar-refractivity contribution in [3.8, 4) is 0 Å². The molecular formula is C19H22O4. The van der Waals surface area contributed by atoms with Crippen LogP contribution in [0, 0.1) is 40.4 Å². The first-order chi connectivity index (χ1) is 10.8. The Hall–Kier alpha value is -1.16. The van der Waals surface area contributed by atoms with Gasteiger partial charge in [-0.05, 0) is 50.4 Å². The standard InChI is InChI=1S/C19H22O4/c1-5-7-11-12(22-16(7)21)14-17(2)10-8-6-9(8)13(17)18(3,15(10)20)19(14,4)23-11/h5,8-14H,6H2,1-4H3/b7-5-/t8?,9?,10?,11-,12+,13?,14-,17?,18?,19-/m1/s1.